The molecule has 132 valence electrons. The highest BCUT2D eigenvalue weighted by Crippen LogP contribution is 2.42. The quantitative estimate of drug-likeness (QED) is 0.474. The minimum atomic E-state index is -2.79. The molecule has 0 atom stereocenters. The van der Waals surface area contributed by atoms with Gasteiger partial charge in [-0.2, -0.15) is 0 Å². The lowest BCUT2D eigenvalue weighted by atomic mass is 9.83. The van der Waals surface area contributed by atoms with Gasteiger partial charge in [0.2, 0.25) is 0 Å². The Hall–Kier alpha value is -3.02. The predicted octanol–water partition coefficient (Wildman–Crippen LogP) is 4.31. The number of pyridine rings is 1. The maximum absolute atomic E-state index is 14.2. The predicted molar refractivity (Wildman–Crippen MR) is 98.1 cm³/mol. The highest BCUT2D eigenvalue weighted by atomic mass is 19.3. The molecule has 4 N–H and O–H groups in total. The average Bonchev–Trinajstić information content (AvgIpc) is 2.61. The van der Waals surface area contributed by atoms with Gasteiger partial charge in [0.15, 0.2) is 0 Å². The Morgan fingerprint density at radius 3 is 2.54 bits per heavy atom. The number of halogens is 2. The first-order chi connectivity index (χ1) is 12.4. The van der Waals surface area contributed by atoms with Crippen molar-refractivity contribution in [1.82, 2.24) is 4.98 Å². The smallest absolute Gasteiger partial charge is 0.252 e. The van der Waals surface area contributed by atoms with E-state index in [0.717, 1.165) is 11.8 Å². The van der Waals surface area contributed by atoms with E-state index in [1.807, 2.05) is 0 Å². The molecule has 0 saturated carbocycles. The number of nitrogens with two attached hydrogens (primary N) is 1. The van der Waals surface area contributed by atoms with Crippen molar-refractivity contribution in [3.05, 3.63) is 53.1 Å². The molecular weight excluding hydrogens is 336 g/mol. The van der Waals surface area contributed by atoms with Crippen molar-refractivity contribution in [3.8, 4) is 17.0 Å². The Labute approximate surface area is 148 Å². The molecule has 1 aliphatic rings. The molecular formula is C20H17F2N3O. The topological polar surface area (TPSA) is 83.0 Å². The maximum atomic E-state index is 14.2. The summed E-state index contributed by atoms with van der Waals surface area (Å²) in [4.78, 5) is 4.63. The third kappa shape index (κ3) is 2.58. The van der Waals surface area contributed by atoms with Gasteiger partial charge in [0.25, 0.3) is 5.92 Å². The van der Waals surface area contributed by atoms with Crippen LogP contribution in [-0.2, 0) is 12.8 Å². The minimum absolute atomic E-state index is 0.104. The Kier molecular flexibility index (Phi) is 3.64. The largest absolute Gasteiger partial charge is 0.508 e. The van der Waals surface area contributed by atoms with Gasteiger partial charge < -0.3 is 16.2 Å². The Balaban J connectivity index is 2.08. The van der Waals surface area contributed by atoms with E-state index in [2.05, 4.69) is 4.98 Å². The van der Waals surface area contributed by atoms with Gasteiger partial charge in [0, 0.05) is 41.3 Å². The standard InChI is InChI=1S/C20H17F2N3O/c21-20(22)8-7-13-14(9-20)19(11-1-3-12(26)4-2-11)25-17-6-5-16(24)15(10-23)18(13)17/h1-6,10,23,26H,7-9,24H2. The van der Waals surface area contributed by atoms with Crippen LogP contribution in [0.2, 0.25) is 0 Å². The molecule has 1 aromatic heterocycles. The van der Waals surface area contributed by atoms with Crippen LogP contribution < -0.4 is 5.73 Å². The van der Waals surface area contributed by atoms with Crippen LogP contribution in [0.25, 0.3) is 22.2 Å². The highest BCUT2D eigenvalue weighted by Gasteiger charge is 2.37. The van der Waals surface area contributed by atoms with Crippen molar-refractivity contribution in [2.45, 2.75) is 25.2 Å². The fraction of sp³-hybridized carbons (Fsp3) is 0.200. The normalized spacial score (nSPS) is 15.6. The number of aryl methyl sites for hydroxylation is 1. The lowest BCUT2D eigenvalue weighted by Crippen LogP contribution is -2.27. The first-order valence-electron chi connectivity index (χ1n) is 8.31. The van der Waals surface area contributed by atoms with Gasteiger partial charge in [-0.15, -0.1) is 0 Å². The van der Waals surface area contributed by atoms with Crippen LogP contribution >= 0.6 is 0 Å². The zero-order chi connectivity index (χ0) is 18.5. The van der Waals surface area contributed by atoms with Crippen LogP contribution in [0.4, 0.5) is 14.5 Å². The second-order valence-corrected chi connectivity index (χ2v) is 6.60. The summed E-state index contributed by atoms with van der Waals surface area (Å²) >= 11 is 0. The zero-order valence-corrected chi connectivity index (χ0v) is 13.9. The van der Waals surface area contributed by atoms with Crippen LogP contribution in [0.15, 0.2) is 36.4 Å². The number of aromatic nitrogens is 1. The Bertz CT molecular complexity index is 1030. The summed E-state index contributed by atoms with van der Waals surface area (Å²) < 4.78 is 28.3. The summed E-state index contributed by atoms with van der Waals surface area (Å²) in [7, 11) is 0. The Morgan fingerprint density at radius 2 is 1.85 bits per heavy atom. The molecule has 0 amide bonds. The molecule has 2 aromatic carbocycles. The monoisotopic (exact) mass is 353 g/mol. The van der Waals surface area contributed by atoms with E-state index in [9.17, 15) is 13.9 Å². The molecule has 0 radical (unpaired) electrons. The van der Waals surface area contributed by atoms with E-state index in [4.69, 9.17) is 11.1 Å². The number of hydrogen-bond acceptors (Lipinski definition) is 4. The lowest BCUT2D eigenvalue weighted by Gasteiger charge is -2.28. The summed E-state index contributed by atoms with van der Waals surface area (Å²) in [6.45, 7) is 0. The summed E-state index contributed by atoms with van der Waals surface area (Å²) in [6, 6.07) is 9.81. The molecule has 6 heteroatoms. The fourth-order valence-corrected chi connectivity index (χ4v) is 3.65. The minimum Gasteiger partial charge on any atom is -0.508 e. The van der Waals surface area contributed by atoms with Gasteiger partial charge >= 0.3 is 0 Å². The van der Waals surface area contributed by atoms with Crippen LogP contribution in [-0.4, -0.2) is 22.2 Å². The number of hydrogen-bond donors (Lipinski definition) is 3. The van der Waals surface area contributed by atoms with Gasteiger partial charge in [-0.25, -0.2) is 13.8 Å². The second kappa shape index (κ2) is 5.76. The first-order valence-corrected chi connectivity index (χ1v) is 8.31. The summed E-state index contributed by atoms with van der Waals surface area (Å²) in [5.41, 5.74) is 10.0. The van der Waals surface area contributed by atoms with E-state index >= 15 is 0 Å². The number of nitrogens with one attached hydrogen (secondary N) is 1. The second-order valence-electron chi connectivity index (χ2n) is 6.60. The van der Waals surface area contributed by atoms with Gasteiger partial charge in [-0.05, 0) is 53.9 Å². The third-order valence-electron chi connectivity index (χ3n) is 4.90. The summed E-state index contributed by atoms with van der Waals surface area (Å²) in [5, 5.41) is 17.9. The molecule has 1 heterocycles. The molecule has 0 bridgehead atoms. The van der Waals surface area contributed by atoms with Crippen molar-refractivity contribution < 1.29 is 13.9 Å². The SMILES string of the molecule is N=Cc1c(N)ccc2nc(-c3ccc(O)cc3)c3c(c12)CCC(F)(F)C3. The molecule has 26 heavy (non-hydrogen) atoms. The average molecular weight is 353 g/mol. The van der Waals surface area contributed by atoms with Crippen molar-refractivity contribution in [2.75, 3.05) is 5.73 Å². The highest BCUT2D eigenvalue weighted by molar-refractivity contribution is 6.05. The number of anilines is 1. The van der Waals surface area contributed by atoms with Gasteiger partial charge in [-0.1, -0.05) is 0 Å². The number of rotatable bonds is 2. The van der Waals surface area contributed by atoms with E-state index < -0.39 is 12.3 Å². The number of benzene rings is 2. The van der Waals surface area contributed by atoms with Gasteiger partial charge in [0.1, 0.15) is 5.75 Å². The zero-order valence-electron chi connectivity index (χ0n) is 13.9. The molecule has 0 saturated heterocycles. The summed E-state index contributed by atoms with van der Waals surface area (Å²) in [6.07, 6.45) is 0.734. The van der Waals surface area contributed by atoms with E-state index in [0.29, 0.717) is 39.0 Å². The molecule has 3 aromatic rings. The Morgan fingerprint density at radius 1 is 1.12 bits per heavy atom. The number of alkyl halides is 2. The van der Waals surface area contributed by atoms with Crippen molar-refractivity contribution in [3.63, 3.8) is 0 Å². The van der Waals surface area contributed by atoms with Crippen molar-refractivity contribution in [2.24, 2.45) is 0 Å². The molecule has 4 rings (SSSR count). The van der Waals surface area contributed by atoms with Crippen LogP contribution in [0.1, 0.15) is 23.1 Å². The number of nitrogen functional groups attached to an aromatic ring is 1. The van der Waals surface area contributed by atoms with Crippen LogP contribution in [0.5, 0.6) is 5.75 Å². The van der Waals surface area contributed by atoms with Gasteiger partial charge in [0.05, 0.1) is 11.2 Å². The number of nitrogens with zero attached hydrogens (tertiary/aromatic N) is 1. The van der Waals surface area contributed by atoms with Crippen LogP contribution in [0, 0.1) is 5.41 Å². The third-order valence-corrected chi connectivity index (χ3v) is 4.90. The molecule has 0 unspecified atom stereocenters. The summed E-state index contributed by atoms with van der Waals surface area (Å²) in [5.74, 6) is -2.69. The number of phenols is 1. The van der Waals surface area contributed by atoms with E-state index in [-0.39, 0.29) is 18.6 Å². The molecule has 0 aliphatic heterocycles. The number of fused-ring (bicyclic) bond motifs is 3. The first kappa shape index (κ1) is 16.4. The fourth-order valence-electron chi connectivity index (χ4n) is 3.65. The van der Waals surface area contributed by atoms with E-state index in [1.165, 1.54) is 12.1 Å². The maximum Gasteiger partial charge on any atom is 0.252 e. The molecule has 1 aliphatic carbocycles. The van der Waals surface area contributed by atoms with Crippen molar-refractivity contribution >= 4 is 22.8 Å². The van der Waals surface area contributed by atoms with E-state index in [1.54, 1.807) is 24.3 Å². The van der Waals surface area contributed by atoms with Crippen LogP contribution in [0.3, 0.4) is 0 Å². The lowest BCUT2D eigenvalue weighted by molar-refractivity contribution is -0.0119. The van der Waals surface area contributed by atoms with Gasteiger partial charge in [-0.3, -0.25) is 0 Å². The number of aromatic hydroxyl groups is 1. The number of phenolic OH excluding ortho intramolecular Hbond substituents is 1. The van der Waals surface area contributed by atoms with Crippen molar-refractivity contribution in [1.29, 1.82) is 5.41 Å². The molecule has 0 spiro atoms. The molecule has 0 fully saturated rings. The molecule has 4 nitrogen and oxygen atoms in total.